The Morgan fingerprint density at radius 1 is 1.08 bits per heavy atom. The van der Waals surface area contributed by atoms with Gasteiger partial charge in [-0.3, -0.25) is 9.69 Å². The van der Waals surface area contributed by atoms with Gasteiger partial charge in [0, 0.05) is 48.8 Å². The molecule has 1 amide bonds. The van der Waals surface area contributed by atoms with Gasteiger partial charge in [-0.25, -0.2) is 4.39 Å². The van der Waals surface area contributed by atoms with Crippen LogP contribution in [0, 0.1) is 5.82 Å². The molecule has 2 aromatic carbocycles. The maximum Gasteiger partial charge on any atom is 0.246 e. The Labute approximate surface area is 162 Å². The molecule has 1 aliphatic heterocycles. The molecule has 3 nitrogen and oxygen atoms in total. The van der Waals surface area contributed by atoms with Crippen molar-refractivity contribution < 1.29 is 9.18 Å². The number of carbonyl (C=O) groups excluding carboxylic acids is 1. The lowest BCUT2D eigenvalue weighted by Crippen LogP contribution is -2.34. The largest absolute Gasteiger partial charge is 0.338 e. The predicted molar refractivity (Wildman–Crippen MR) is 106 cm³/mol. The Morgan fingerprint density at radius 3 is 2.69 bits per heavy atom. The fourth-order valence-corrected chi connectivity index (χ4v) is 3.48. The number of amides is 1. The van der Waals surface area contributed by atoms with Crippen LogP contribution in [0.15, 0.2) is 59.1 Å². The average Bonchev–Trinajstić information content (AvgIpc) is 2.89. The van der Waals surface area contributed by atoms with E-state index in [0.29, 0.717) is 12.1 Å². The summed E-state index contributed by atoms with van der Waals surface area (Å²) in [5, 5.41) is 0. The van der Waals surface area contributed by atoms with Gasteiger partial charge < -0.3 is 4.90 Å². The lowest BCUT2D eigenvalue weighted by atomic mass is 10.2. The van der Waals surface area contributed by atoms with Gasteiger partial charge in [-0.15, -0.1) is 0 Å². The Morgan fingerprint density at radius 2 is 1.88 bits per heavy atom. The van der Waals surface area contributed by atoms with E-state index in [1.165, 1.54) is 17.7 Å². The first-order valence-electron chi connectivity index (χ1n) is 8.80. The highest BCUT2D eigenvalue weighted by Crippen LogP contribution is 2.17. The number of benzene rings is 2. The number of hydrogen-bond donors (Lipinski definition) is 0. The van der Waals surface area contributed by atoms with Gasteiger partial charge in [0.25, 0.3) is 0 Å². The first-order valence-corrected chi connectivity index (χ1v) is 9.59. The van der Waals surface area contributed by atoms with Gasteiger partial charge in [0.2, 0.25) is 5.91 Å². The van der Waals surface area contributed by atoms with Gasteiger partial charge in [0.05, 0.1) is 0 Å². The maximum absolute atomic E-state index is 13.8. The zero-order valence-electron chi connectivity index (χ0n) is 14.6. The highest BCUT2D eigenvalue weighted by molar-refractivity contribution is 9.10. The van der Waals surface area contributed by atoms with E-state index in [1.807, 2.05) is 11.0 Å². The normalized spacial score (nSPS) is 16.0. The first-order chi connectivity index (χ1) is 12.6. The van der Waals surface area contributed by atoms with Crippen molar-refractivity contribution >= 4 is 27.9 Å². The SMILES string of the molecule is O=C(/C=C/c1cc(Br)ccc1F)N1CCCN(Cc2ccccc2)CC1. The summed E-state index contributed by atoms with van der Waals surface area (Å²) < 4.78 is 14.6. The van der Waals surface area contributed by atoms with Crippen LogP contribution in [0.2, 0.25) is 0 Å². The Balaban J connectivity index is 1.57. The number of carbonyl (C=O) groups is 1. The number of nitrogens with zero attached hydrogens (tertiary/aromatic N) is 2. The summed E-state index contributed by atoms with van der Waals surface area (Å²) in [6.07, 6.45) is 3.96. The monoisotopic (exact) mass is 416 g/mol. The van der Waals surface area contributed by atoms with Gasteiger partial charge in [-0.05, 0) is 36.3 Å². The minimum absolute atomic E-state index is 0.0639. The lowest BCUT2D eigenvalue weighted by Gasteiger charge is -2.21. The van der Waals surface area contributed by atoms with E-state index in [-0.39, 0.29) is 11.7 Å². The number of halogens is 2. The standard InChI is InChI=1S/C21H22BrFN2O/c22-19-8-9-20(23)18(15-19)7-10-21(26)25-12-4-11-24(13-14-25)16-17-5-2-1-3-6-17/h1-3,5-10,15H,4,11-14,16H2/b10-7+. The molecule has 136 valence electrons. The van der Waals surface area contributed by atoms with Crippen molar-refractivity contribution in [1.29, 1.82) is 0 Å². The fourth-order valence-electron chi connectivity index (χ4n) is 3.10. The summed E-state index contributed by atoms with van der Waals surface area (Å²) >= 11 is 3.32. The van der Waals surface area contributed by atoms with Crippen LogP contribution in [0.4, 0.5) is 4.39 Å². The smallest absolute Gasteiger partial charge is 0.246 e. The van der Waals surface area contributed by atoms with Crippen LogP contribution in [-0.4, -0.2) is 41.9 Å². The van der Waals surface area contributed by atoms with Crippen LogP contribution < -0.4 is 0 Å². The predicted octanol–water partition coefficient (Wildman–Crippen LogP) is 4.34. The molecular formula is C21H22BrFN2O. The molecule has 0 spiro atoms. The van der Waals surface area contributed by atoms with Crippen molar-refractivity contribution in [2.24, 2.45) is 0 Å². The van der Waals surface area contributed by atoms with Crippen molar-refractivity contribution in [1.82, 2.24) is 9.80 Å². The van der Waals surface area contributed by atoms with Gasteiger partial charge in [-0.2, -0.15) is 0 Å². The summed E-state index contributed by atoms with van der Waals surface area (Å²) in [5.74, 6) is -0.395. The first kappa shape index (κ1) is 18.8. The minimum atomic E-state index is -0.331. The molecule has 1 aliphatic rings. The maximum atomic E-state index is 13.8. The second-order valence-electron chi connectivity index (χ2n) is 6.44. The van der Waals surface area contributed by atoms with Crippen molar-refractivity contribution in [3.63, 3.8) is 0 Å². The summed E-state index contributed by atoms with van der Waals surface area (Å²) in [4.78, 5) is 16.7. The zero-order chi connectivity index (χ0) is 18.4. The van der Waals surface area contributed by atoms with E-state index in [4.69, 9.17) is 0 Å². The highest BCUT2D eigenvalue weighted by atomic mass is 79.9. The third kappa shape index (κ3) is 5.26. The zero-order valence-corrected chi connectivity index (χ0v) is 16.2. The molecule has 0 radical (unpaired) electrons. The van der Waals surface area contributed by atoms with Gasteiger partial charge in [0.1, 0.15) is 5.82 Å². The molecule has 0 aromatic heterocycles. The minimum Gasteiger partial charge on any atom is -0.338 e. The quantitative estimate of drug-likeness (QED) is 0.692. The third-order valence-corrected chi connectivity index (χ3v) is 5.01. The highest BCUT2D eigenvalue weighted by Gasteiger charge is 2.17. The molecule has 1 fully saturated rings. The van der Waals surface area contributed by atoms with E-state index in [2.05, 4.69) is 45.1 Å². The summed E-state index contributed by atoms with van der Waals surface area (Å²) in [6, 6.07) is 15.1. The molecule has 0 saturated carbocycles. The molecule has 26 heavy (non-hydrogen) atoms. The van der Waals surface area contributed by atoms with Gasteiger partial charge >= 0.3 is 0 Å². The second kappa shape index (κ2) is 9.10. The molecule has 1 heterocycles. The average molecular weight is 417 g/mol. The van der Waals surface area contributed by atoms with E-state index in [9.17, 15) is 9.18 Å². The van der Waals surface area contributed by atoms with Crippen LogP contribution in [-0.2, 0) is 11.3 Å². The van der Waals surface area contributed by atoms with E-state index >= 15 is 0 Å². The second-order valence-corrected chi connectivity index (χ2v) is 7.36. The topological polar surface area (TPSA) is 23.6 Å². The third-order valence-electron chi connectivity index (χ3n) is 4.51. The van der Waals surface area contributed by atoms with Crippen LogP contribution >= 0.6 is 15.9 Å². The van der Waals surface area contributed by atoms with Crippen molar-refractivity contribution in [3.05, 3.63) is 76.0 Å². The van der Waals surface area contributed by atoms with Crippen LogP contribution in [0.5, 0.6) is 0 Å². The molecular weight excluding hydrogens is 395 g/mol. The van der Waals surface area contributed by atoms with Gasteiger partial charge in [-0.1, -0.05) is 46.3 Å². The number of rotatable bonds is 4. The van der Waals surface area contributed by atoms with Crippen LogP contribution in [0.1, 0.15) is 17.5 Å². The Bertz CT molecular complexity index is 779. The molecule has 5 heteroatoms. The molecule has 0 bridgehead atoms. The Hall–Kier alpha value is -1.98. The Kier molecular flexibility index (Phi) is 6.58. The van der Waals surface area contributed by atoms with Crippen LogP contribution in [0.3, 0.4) is 0 Å². The molecule has 0 N–H and O–H groups in total. The van der Waals surface area contributed by atoms with Crippen molar-refractivity contribution in [3.8, 4) is 0 Å². The summed E-state index contributed by atoms with van der Waals surface area (Å²) in [6.45, 7) is 4.15. The molecule has 0 atom stereocenters. The lowest BCUT2D eigenvalue weighted by molar-refractivity contribution is -0.125. The van der Waals surface area contributed by atoms with Crippen molar-refractivity contribution in [2.75, 3.05) is 26.2 Å². The summed E-state index contributed by atoms with van der Waals surface area (Å²) in [7, 11) is 0. The molecule has 0 aliphatic carbocycles. The van der Waals surface area contributed by atoms with E-state index in [0.717, 1.165) is 37.1 Å². The molecule has 2 aromatic rings. The van der Waals surface area contributed by atoms with E-state index in [1.54, 1.807) is 18.2 Å². The number of hydrogen-bond acceptors (Lipinski definition) is 2. The molecule has 0 unspecified atom stereocenters. The fraction of sp³-hybridized carbons (Fsp3) is 0.286. The molecule has 3 rings (SSSR count). The van der Waals surface area contributed by atoms with Crippen LogP contribution in [0.25, 0.3) is 6.08 Å². The van der Waals surface area contributed by atoms with Crippen molar-refractivity contribution in [2.45, 2.75) is 13.0 Å². The molecule has 1 saturated heterocycles. The van der Waals surface area contributed by atoms with E-state index < -0.39 is 0 Å². The summed E-state index contributed by atoms with van der Waals surface area (Å²) in [5.41, 5.74) is 1.70. The van der Waals surface area contributed by atoms with Gasteiger partial charge in [0.15, 0.2) is 0 Å².